The first-order chi connectivity index (χ1) is 16.1. The summed E-state index contributed by atoms with van der Waals surface area (Å²) in [4.78, 5) is 51.2. The molecule has 1 amide bonds. The van der Waals surface area contributed by atoms with Crippen molar-refractivity contribution >= 4 is 45.0 Å². The molecule has 0 bridgehead atoms. The Labute approximate surface area is 200 Å². The number of carbonyl (C=O) groups excluding carboxylic acids is 3. The zero-order valence-electron chi connectivity index (χ0n) is 19.7. The molecule has 10 heteroatoms. The van der Waals surface area contributed by atoms with Crippen LogP contribution >= 0.6 is 11.3 Å². The summed E-state index contributed by atoms with van der Waals surface area (Å²) in [7, 11) is 0. The maximum Gasteiger partial charge on any atom is 0.359 e. The highest BCUT2D eigenvalue weighted by Gasteiger charge is 2.23. The lowest BCUT2D eigenvalue weighted by atomic mass is 10.1. The van der Waals surface area contributed by atoms with Gasteiger partial charge in [-0.3, -0.25) is 9.59 Å². The van der Waals surface area contributed by atoms with Crippen LogP contribution in [0, 0.1) is 0 Å². The Morgan fingerprint density at radius 2 is 1.74 bits per heavy atom. The zero-order chi connectivity index (χ0) is 25.0. The Hall–Kier alpha value is -3.53. The lowest BCUT2D eigenvalue weighted by Crippen LogP contribution is -2.29. The smallest absolute Gasteiger partial charge is 0.359 e. The Bertz CT molecular complexity index is 1290. The minimum Gasteiger partial charge on any atom is -0.462 e. The average molecular weight is 486 g/mol. The number of fused-ring (bicyclic) bond motifs is 1. The highest BCUT2D eigenvalue weighted by Crippen LogP contribution is 2.33. The fourth-order valence-electron chi connectivity index (χ4n) is 3.22. The first-order valence-electron chi connectivity index (χ1n) is 10.9. The van der Waals surface area contributed by atoms with Gasteiger partial charge in [-0.25, -0.2) is 14.3 Å². The van der Waals surface area contributed by atoms with E-state index in [4.69, 9.17) is 9.47 Å². The first-order valence-corrected chi connectivity index (χ1v) is 11.7. The minimum atomic E-state index is -0.833. The molecule has 2 aromatic heterocycles. The van der Waals surface area contributed by atoms with Crippen molar-refractivity contribution < 1.29 is 23.9 Å². The maximum atomic E-state index is 12.8. The standard InChI is InChI=1S/C24H27N3O6S/c1-6-32-23(30)17-11-18(13(2)3)34-21(17)25-19(28)12-33-24(31)20-15-9-7-8-10-16(15)22(29)27(26-20)14(4)5/h7-11,13-14H,6,12H2,1-5H3,(H,25,28). The molecule has 0 spiro atoms. The molecule has 3 aromatic rings. The number of nitrogens with zero attached hydrogens (tertiary/aromatic N) is 2. The van der Waals surface area contributed by atoms with Crippen molar-refractivity contribution in [3.05, 3.63) is 56.8 Å². The molecule has 0 unspecified atom stereocenters. The molecule has 0 saturated heterocycles. The Morgan fingerprint density at radius 3 is 2.35 bits per heavy atom. The molecule has 1 aromatic carbocycles. The molecule has 0 atom stereocenters. The summed E-state index contributed by atoms with van der Waals surface area (Å²) in [6, 6.07) is 8.02. The SMILES string of the molecule is CCOC(=O)c1cc(C(C)C)sc1NC(=O)COC(=O)c1nn(C(C)C)c(=O)c2ccccc12. The maximum absolute atomic E-state index is 12.8. The van der Waals surface area contributed by atoms with Crippen LogP contribution in [0.15, 0.2) is 35.1 Å². The van der Waals surface area contributed by atoms with Gasteiger partial charge in [0.2, 0.25) is 0 Å². The van der Waals surface area contributed by atoms with Gasteiger partial charge < -0.3 is 14.8 Å². The van der Waals surface area contributed by atoms with Crippen molar-refractivity contribution in [2.75, 3.05) is 18.5 Å². The molecular weight excluding hydrogens is 458 g/mol. The van der Waals surface area contributed by atoms with E-state index in [-0.39, 0.29) is 35.4 Å². The second-order valence-corrected chi connectivity index (χ2v) is 9.21. The highest BCUT2D eigenvalue weighted by molar-refractivity contribution is 7.16. The quantitative estimate of drug-likeness (QED) is 0.477. The third-order valence-electron chi connectivity index (χ3n) is 4.91. The van der Waals surface area contributed by atoms with Crippen molar-refractivity contribution in [2.24, 2.45) is 0 Å². The van der Waals surface area contributed by atoms with Gasteiger partial charge in [0.1, 0.15) is 5.00 Å². The van der Waals surface area contributed by atoms with Crippen molar-refractivity contribution in [3.8, 4) is 0 Å². The second kappa shape index (κ2) is 10.6. The number of anilines is 1. The molecule has 0 aliphatic rings. The molecule has 0 fully saturated rings. The third kappa shape index (κ3) is 5.33. The number of ether oxygens (including phenoxy) is 2. The van der Waals surface area contributed by atoms with Gasteiger partial charge in [-0.15, -0.1) is 11.3 Å². The molecule has 180 valence electrons. The Balaban J connectivity index is 1.80. The number of benzene rings is 1. The van der Waals surface area contributed by atoms with Crippen LogP contribution in [0.25, 0.3) is 10.8 Å². The molecule has 0 aliphatic heterocycles. The van der Waals surface area contributed by atoms with Crippen molar-refractivity contribution in [2.45, 2.75) is 46.6 Å². The summed E-state index contributed by atoms with van der Waals surface area (Å²) < 4.78 is 11.5. The van der Waals surface area contributed by atoms with Crippen LogP contribution in [0.1, 0.15) is 72.3 Å². The molecule has 0 aliphatic carbocycles. The van der Waals surface area contributed by atoms with Crippen LogP contribution in [0.5, 0.6) is 0 Å². The van der Waals surface area contributed by atoms with Gasteiger partial charge in [0.05, 0.1) is 23.6 Å². The summed E-state index contributed by atoms with van der Waals surface area (Å²) in [5.74, 6) is -1.83. The highest BCUT2D eigenvalue weighted by atomic mass is 32.1. The van der Waals surface area contributed by atoms with Gasteiger partial charge in [0, 0.05) is 10.3 Å². The van der Waals surface area contributed by atoms with Crippen LogP contribution in [0.4, 0.5) is 5.00 Å². The zero-order valence-corrected chi connectivity index (χ0v) is 20.5. The van der Waals surface area contributed by atoms with E-state index in [1.165, 1.54) is 16.0 Å². The van der Waals surface area contributed by atoms with E-state index < -0.39 is 24.5 Å². The molecule has 3 rings (SSSR count). The van der Waals surface area contributed by atoms with Gasteiger partial charge in [-0.2, -0.15) is 5.10 Å². The van der Waals surface area contributed by atoms with E-state index in [1.54, 1.807) is 51.1 Å². The number of amides is 1. The van der Waals surface area contributed by atoms with E-state index >= 15 is 0 Å². The van der Waals surface area contributed by atoms with Crippen LogP contribution in [0.2, 0.25) is 0 Å². The minimum absolute atomic E-state index is 0.0536. The number of carbonyl (C=O) groups is 3. The summed E-state index contributed by atoms with van der Waals surface area (Å²) in [5, 5.41) is 7.83. The fourth-order valence-corrected chi connectivity index (χ4v) is 4.28. The second-order valence-electron chi connectivity index (χ2n) is 8.13. The van der Waals surface area contributed by atoms with E-state index in [0.29, 0.717) is 15.8 Å². The largest absolute Gasteiger partial charge is 0.462 e. The van der Waals surface area contributed by atoms with Crippen molar-refractivity contribution in [3.63, 3.8) is 0 Å². The number of hydrogen-bond donors (Lipinski definition) is 1. The molecule has 34 heavy (non-hydrogen) atoms. The summed E-state index contributed by atoms with van der Waals surface area (Å²) in [5.41, 5.74) is -0.112. The van der Waals surface area contributed by atoms with E-state index in [1.807, 2.05) is 13.8 Å². The summed E-state index contributed by atoms with van der Waals surface area (Å²) >= 11 is 1.27. The molecule has 9 nitrogen and oxygen atoms in total. The Kier molecular flexibility index (Phi) is 7.83. The Morgan fingerprint density at radius 1 is 1.06 bits per heavy atom. The predicted octanol–water partition coefficient (Wildman–Crippen LogP) is 4.13. The normalized spacial score (nSPS) is 11.1. The molecule has 0 saturated carbocycles. The third-order valence-corrected chi connectivity index (χ3v) is 6.26. The number of esters is 2. The summed E-state index contributed by atoms with van der Waals surface area (Å²) in [6.07, 6.45) is 0. The molecule has 1 N–H and O–H groups in total. The number of nitrogens with one attached hydrogen (secondary N) is 1. The van der Waals surface area contributed by atoms with E-state index in [9.17, 15) is 19.2 Å². The van der Waals surface area contributed by atoms with Crippen LogP contribution in [0.3, 0.4) is 0 Å². The first kappa shape index (κ1) is 25.1. The molecule has 2 heterocycles. The molecular formula is C24H27N3O6S. The fraction of sp³-hybridized carbons (Fsp3) is 0.375. The van der Waals surface area contributed by atoms with Gasteiger partial charge in [-0.05, 0) is 38.8 Å². The number of hydrogen-bond acceptors (Lipinski definition) is 8. The van der Waals surface area contributed by atoms with E-state index in [0.717, 1.165) is 4.88 Å². The summed E-state index contributed by atoms with van der Waals surface area (Å²) in [6.45, 7) is 8.82. The molecule has 0 radical (unpaired) electrons. The predicted molar refractivity (Wildman–Crippen MR) is 130 cm³/mol. The van der Waals surface area contributed by atoms with Crippen LogP contribution < -0.4 is 10.9 Å². The van der Waals surface area contributed by atoms with Gasteiger partial charge in [0.15, 0.2) is 12.3 Å². The van der Waals surface area contributed by atoms with Gasteiger partial charge in [-0.1, -0.05) is 32.0 Å². The number of aromatic nitrogens is 2. The number of rotatable bonds is 8. The van der Waals surface area contributed by atoms with Crippen molar-refractivity contribution in [1.82, 2.24) is 9.78 Å². The lowest BCUT2D eigenvalue weighted by Gasteiger charge is -2.13. The van der Waals surface area contributed by atoms with Gasteiger partial charge in [0.25, 0.3) is 11.5 Å². The van der Waals surface area contributed by atoms with Crippen LogP contribution in [-0.2, 0) is 14.3 Å². The van der Waals surface area contributed by atoms with E-state index in [2.05, 4.69) is 10.4 Å². The van der Waals surface area contributed by atoms with Crippen molar-refractivity contribution in [1.29, 1.82) is 0 Å². The van der Waals surface area contributed by atoms with Gasteiger partial charge >= 0.3 is 11.9 Å². The number of thiophene rings is 1. The average Bonchev–Trinajstić information content (AvgIpc) is 3.22. The monoisotopic (exact) mass is 485 g/mol. The van der Waals surface area contributed by atoms with Crippen LogP contribution in [-0.4, -0.2) is 40.8 Å². The lowest BCUT2D eigenvalue weighted by molar-refractivity contribution is -0.119. The topological polar surface area (TPSA) is 117 Å².